The lowest BCUT2D eigenvalue weighted by Crippen LogP contribution is -2.58. The van der Waals surface area contributed by atoms with Crippen LogP contribution in [0.1, 0.15) is 38.5 Å². The molecule has 4 N–H and O–H groups in total. The molecule has 0 aromatic carbocycles. The van der Waals surface area contributed by atoms with E-state index in [1.807, 2.05) is 12.2 Å². The molecule has 10 nitrogen and oxygen atoms in total. The molecule has 1 saturated heterocycles. The van der Waals surface area contributed by atoms with Gasteiger partial charge < -0.3 is 26.2 Å². The van der Waals surface area contributed by atoms with E-state index in [2.05, 4.69) is 45.9 Å². The number of carbonyl (C=O) groups is 5. The lowest BCUT2D eigenvalue weighted by Gasteiger charge is -2.32. The molecule has 10 heteroatoms. The van der Waals surface area contributed by atoms with Crippen molar-refractivity contribution in [3.8, 4) is 12.3 Å². The molecule has 3 rings (SSSR count). The number of nitrogens with one attached hydrogen (secondary N) is 4. The zero-order valence-electron chi connectivity index (χ0n) is 21.8. The molecule has 3 aliphatic rings. The summed E-state index contributed by atoms with van der Waals surface area (Å²) in [7, 11) is 1.49. The molecule has 2 fully saturated rings. The van der Waals surface area contributed by atoms with Crippen molar-refractivity contribution in [3.05, 3.63) is 37.0 Å². The molecule has 5 amide bonds. The number of carbonyl (C=O) groups excluding carboxylic acids is 5. The van der Waals surface area contributed by atoms with Crippen LogP contribution in [0, 0.1) is 30.1 Å². The van der Waals surface area contributed by atoms with Crippen molar-refractivity contribution >= 4 is 29.5 Å². The third kappa shape index (κ3) is 6.91. The number of hydrogen-bond acceptors (Lipinski definition) is 5. The van der Waals surface area contributed by atoms with E-state index in [-0.39, 0.29) is 31.2 Å². The second-order valence-corrected chi connectivity index (χ2v) is 9.89. The van der Waals surface area contributed by atoms with E-state index in [4.69, 9.17) is 6.42 Å². The van der Waals surface area contributed by atoms with Crippen molar-refractivity contribution in [2.45, 2.75) is 56.7 Å². The van der Waals surface area contributed by atoms with Crippen LogP contribution in [0.25, 0.3) is 0 Å². The van der Waals surface area contributed by atoms with Crippen LogP contribution in [0.4, 0.5) is 4.79 Å². The van der Waals surface area contributed by atoms with Gasteiger partial charge in [0.15, 0.2) is 0 Å². The number of hydrogen-bond donors (Lipinski definition) is 4. The number of urea groups is 1. The number of amides is 5. The smallest absolute Gasteiger partial charge is 0.315 e. The third-order valence-electron chi connectivity index (χ3n) is 7.46. The molecule has 1 aliphatic heterocycles. The Morgan fingerprint density at radius 3 is 2.42 bits per heavy atom. The summed E-state index contributed by atoms with van der Waals surface area (Å²) in [4.78, 5) is 65.9. The summed E-state index contributed by atoms with van der Waals surface area (Å²) in [5.41, 5.74) is 0. The van der Waals surface area contributed by atoms with Crippen LogP contribution >= 0.6 is 0 Å². The van der Waals surface area contributed by atoms with Crippen LogP contribution in [0.3, 0.4) is 0 Å². The summed E-state index contributed by atoms with van der Waals surface area (Å²) in [6.07, 6.45) is 17.8. The third-order valence-corrected chi connectivity index (χ3v) is 7.46. The van der Waals surface area contributed by atoms with Gasteiger partial charge in [0, 0.05) is 26.6 Å². The van der Waals surface area contributed by atoms with Gasteiger partial charge in [0.1, 0.15) is 12.1 Å². The van der Waals surface area contributed by atoms with Gasteiger partial charge in [-0.3, -0.25) is 19.2 Å². The van der Waals surface area contributed by atoms with Gasteiger partial charge in [-0.15, -0.1) is 18.9 Å². The number of terminal acetylenes is 1. The fourth-order valence-electron chi connectivity index (χ4n) is 5.52. The summed E-state index contributed by atoms with van der Waals surface area (Å²) in [5.74, 6) is 0.454. The molecule has 1 saturated carbocycles. The number of ketones is 1. The van der Waals surface area contributed by atoms with E-state index in [9.17, 15) is 24.0 Å². The topological polar surface area (TPSA) is 137 Å². The molecule has 0 bridgehead atoms. The SMILES string of the molecule is C#CCCC(NC(=O)C1CCCN1C(=O)C(NC(=O)NC)C1CC2C=CC=CC2C1)C(=O)C(=O)NCC=C. The van der Waals surface area contributed by atoms with Gasteiger partial charge >= 0.3 is 6.03 Å². The number of likely N-dealkylation sites (tertiary alicyclic amines) is 1. The number of nitrogens with zero attached hydrogens (tertiary/aromatic N) is 1. The summed E-state index contributed by atoms with van der Waals surface area (Å²) in [6, 6.07) is -3.19. The van der Waals surface area contributed by atoms with Crippen molar-refractivity contribution in [1.29, 1.82) is 0 Å². The highest BCUT2D eigenvalue weighted by Gasteiger charge is 2.45. The fraction of sp³-hybridized carbons (Fsp3) is 0.536. The van der Waals surface area contributed by atoms with E-state index in [0.29, 0.717) is 31.2 Å². The van der Waals surface area contributed by atoms with E-state index in [1.165, 1.54) is 18.0 Å². The van der Waals surface area contributed by atoms with Gasteiger partial charge in [-0.1, -0.05) is 30.4 Å². The maximum Gasteiger partial charge on any atom is 0.315 e. The fourth-order valence-corrected chi connectivity index (χ4v) is 5.52. The van der Waals surface area contributed by atoms with E-state index < -0.39 is 41.8 Å². The van der Waals surface area contributed by atoms with Gasteiger partial charge in [0.25, 0.3) is 5.91 Å². The number of allylic oxidation sites excluding steroid dienone is 4. The second kappa shape index (κ2) is 13.6. The van der Waals surface area contributed by atoms with Crippen molar-refractivity contribution in [1.82, 2.24) is 26.2 Å². The van der Waals surface area contributed by atoms with Crippen LogP contribution in [0.5, 0.6) is 0 Å². The molecular formula is C28H37N5O5. The molecule has 1 heterocycles. The molecular weight excluding hydrogens is 486 g/mol. The first-order valence-corrected chi connectivity index (χ1v) is 13.1. The number of Topliss-reactive ketones (excluding diaryl/α,β-unsaturated/α-hetero) is 1. The number of rotatable bonds is 11. The normalized spacial score (nSPS) is 24.9. The van der Waals surface area contributed by atoms with Crippen LogP contribution in [-0.4, -0.2) is 72.7 Å². The molecule has 5 atom stereocenters. The molecule has 2 aliphatic carbocycles. The highest BCUT2D eigenvalue weighted by atomic mass is 16.2. The summed E-state index contributed by atoms with van der Waals surface area (Å²) < 4.78 is 0. The predicted octanol–water partition coefficient (Wildman–Crippen LogP) is 0.813. The highest BCUT2D eigenvalue weighted by molar-refractivity contribution is 6.38. The van der Waals surface area contributed by atoms with Crippen molar-refractivity contribution in [2.75, 3.05) is 20.1 Å². The summed E-state index contributed by atoms with van der Waals surface area (Å²) in [5, 5.41) is 10.4. The average molecular weight is 524 g/mol. The minimum Gasteiger partial charge on any atom is -0.346 e. The van der Waals surface area contributed by atoms with Crippen molar-refractivity contribution in [2.24, 2.45) is 17.8 Å². The van der Waals surface area contributed by atoms with E-state index >= 15 is 0 Å². The van der Waals surface area contributed by atoms with Crippen LogP contribution < -0.4 is 21.3 Å². The van der Waals surface area contributed by atoms with Crippen LogP contribution in [-0.2, 0) is 19.2 Å². The standard InChI is InChI=1S/C28H37N5O5/c1-4-6-12-21(24(34)26(36)30-14-5-2)31-25(35)22-13-9-15-33(22)27(37)23(32-28(38)29-3)20-16-18-10-7-8-11-19(18)17-20/h1,5,7-8,10-11,18-23H,2,6,9,12-17H2,3H3,(H,30,36)(H,31,35)(H2,29,32,38). The van der Waals surface area contributed by atoms with Crippen molar-refractivity contribution in [3.63, 3.8) is 0 Å². The zero-order valence-corrected chi connectivity index (χ0v) is 21.8. The summed E-state index contributed by atoms with van der Waals surface area (Å²) >= 11 is 0. The first-order valence-electron chi connectivity index (χ1n) is 13.1. The maximum atomic E-state index is 13.8. The molecule has 204 valence electrons. The van der Waals surface area contributed by atoms with E-state index in [0.717, 1.165) is 12.8 Å². The van der Waals surface area contributed by atoms with Gasteiger partial charge in [-0.2, -0.15) is 0 Å². The Morgan fingerprint density at radius 1 is 1.13 bits per heavy atom. The minimum absolute atomic E-state index is 0.0926. The van der Waals surface area contributed by atoms with Crippen molar-refractivity contribution < 1.29 is 24.0 Å². The Labute approximate surface area is 223 Å². The quantitative estimate of drug-likeness (QED) is 0.181. The zero-order chi connectivity index (χ0) is 27.7. The van der Waals surface area contributed by atoms with Crippen LogP contribution in [0.2, 0.25) is 0 Å². The Bertz CT molecular complexity index is 1020. The monoisotopic (exact) mass is 523 g/mol. The Hall–Kier alpha value is -3.87. The van der Waals surface area contributed by atoms with Gasteiger partial charge in [-0.25, -0.2) is 4.79 Å². The lowest BCUT2D eigenvalue weighted by molar-refractivity contribution is -0.143. The largest absolute Gasteiger partial charge is 0.346 e. The number of fused-ring (bicyclic) bond motifs is 1. The van der Waals surface area contributed by atoms with E-state index in [1.54, 1.807) is 0 Å². The maximum absolute atomic E-state index is 13.8. The lowest BCUT2D eigenvalue weighted by atomic mass is 9.92. The Kier molecular flexibility index (Phi) is 10.3. The van der Waals surface area contributed by atoms with Gasteiger partial charge in [0.2, 0.25) is 17.6 Å². The van der Waals surface area contributed by atoms with Crippen LogP contribution in [0.15, 0.2) is 37.0 Å². The first kappa shape index (κ1) is 28.7. The molecule has 5 unspecified atom stereocenters. The summed E-state index contributed by atoms with van der Waals surface area (Å²) in [6.45, 7) is 3.97. The Balaban J connectivity index is 1.74. The molecule has 0 radical (unpaired) electrons. The Morgan fingerprint density at radius 2 is 1.82 bits per heavy atom. The van der Waals surface area contributed by atoms with Gasteiger partial charge in [0.05, 0.1) is 6.04 Å². The average Bonchev–Trinajstić information content (AvgIpc) is 3.59. The molecule has 38 heavy (non-hydrogen) atoms. The first-order chi connectivity index (χ1) is 18.3. The highest BCUT2D eigenvalue weighted by Crippen LogP contribution is 2.42. The predicted molar refractivity (Wildman–Crippen MR) is 142 cm³/mol. The molecule has 0 aromatic rings. The molecule has 0 spiro atoms. The second-order valence-electron chi connectivity index (χ2n) is 9.89. The minimum atomic E-state index is -1.11. The molecule has 0 aromatic heterocycles. The van der Waals surface area contributed by atoms with Gasteiger partial charge in [-0.05, 0) is 49.9 Å².